The summed E-state index contributed by atoms with van der Waals surface area (Å²) in [7, 11) is 0. The van der Waals surface area contributed by atoms with E-state index in [1.165, 1.54) is 11.4 Å². The standard InChI is InChI=1S/C8H10FNO2S.ClH/c1-2-12-8(10)6(11)7-5(9)3-4-13-7;/h3-4,6,10-11H,2H2,1H3;1H. The summed E-state index contributed by atoms with van der Waals surface area (Å²) in [6.07, 6.45) is -1.28. The molecule has 1 heterocycles. The summed E-state index contributed by atoms with van der Waals surface area (Å²) >= 11 is 1.07. The number of aliphatic hydroxyl groups is 1. The number of aliphatic hydroxyl groups excluding tert-OH is 1. The Morgan fingerprint density at radius 2 is 2.43 bits per heavy atom. The minimum Gasteiger partial charge on any atom is -0.479 e. The third kappa shape index (κ3) is 2.94. The van der Waals surface area contributed by atoms with E-state index in [2.05, 4.69) is 0 Å². The lowest BCUT2D eigenvalue weighted by molar-refractivity contribution is 0.190. The minimum atomic E-state index is -1.28. The second-order valence-electron chi connectivity index (χ2n) is 2.33. The molecule has 1 aromatic heterocycles. The van der Waals surface area contributed by atoms with E-state index in [9.17, 15) is 9.50 Å². The number of halogens is 2. The fourth-order valence-electron chi connectivity index (χ4n) is 0.854. The number of thiophene rings is 1. The van der Waals surface area contributed by atoms with Crippen LogP contribution in [0.15, 0.2) is 11.4 Å². The van der Waals surface area contributed by atoms with E-state index in [4.69, 9.17) is 10.1 Å². The van der Waals surface area contributed by atoms with Gasteiger partial charge in [0.1, 0.15) is 5.82 Å². The molecule has 0 spiro atoms. The van der Waals surface area contributed by atoms with Crippen molar-refractivity contribution in [2.45, 2.75) is 13.0 Å². The molecule has 0 saturated heterocycles. The number of nitrogens with one attached hydrogen (secondary N) is 1. The summed E-state index contributed by atoms with van der Waals surface area (Å²) in [6.45, 7) is 1.99. The molecule has 0 aliphatic carbocycles. The van der Waals surface area contributed by atoms with Gasteiger partial charge in [-0.3, -0.25) is 5.41 Å². The molecule has 0 amide bonds. The van der Waals surface area contributed by atoms with Gasteiger partial charge in [0.2, 0.25) is 5.90 Å². The Hall–Kier alpha value is -0.650. The minimum absolute atomic E-state index is 0. The van der Waals surface area contributed by atoms with Crippen molar-refractivity contribution in [3.8, 4) is 0 Å². The highest BCUT2D eigenvalue weighted by molar-refractivity contribution is 7.10. The van der Waals surface area contributed by atoms with Crippen LogP contribution in [0.1, 0.15) is 17.9 Å². The van der Waals surface area contributed by atoms with E-state index in [-0.39, 0.29) is 23.2 Å². The van der Waals surface area contributed by atoms with Crippen molar-refractivity contribution in [3.63, 3.8) is 0 Å². The molecule has 2 N–H and O–H groups in total. The molecular formula is C8H11ClFNO2S. The van der Waals surface area contributed by atoms with Crippen molar-refractivity contribution in [2.24, 2.45) is 0 Å². The molecule has 0 fully saturated rings. The second-order valence-corrected chi connectivity index (χ2v) is 3.28. The van der Waals surface area contributed by atoms with Gasteiger partial charge in [0.15, 0.2) is 6.10 Å². The average molecular weight is 240 g/mol. The first-order valence-corrected chi connectivity index (χ1v) is 4.67. The molecule has 0 aromatic carbocycles. The molecule has 0 saturated carbocycles. The van der Waals surface area contributed by atoms with Gasteiger partial charge in [-0.1, -0.05) is 0 Å². The summed E-state index contributed by atoms with van der Waals surface area (Å²) in [4.78, 5) is 0.124. The van der Waals surface area contributed by atoms with Crippen LogP contribution in [0.5, 0.6) is 0 Å². The summed E-state index contributed by atoms with van der Waals surface area (Å²) < 4.78 is 17.7. The fraction of sp³-hybridized carbons (Fsp3) is 0.375. The molecule has 0 bridgehead atoms. The van der Waals surface area contributed by atoms with Crippen molar-refractivity contribution < 1.29 is 14.2 Å². The van der Waals surface area contributed by atoms with Gasteiger partial charge >= 0.3 is 0 Å². The van der Waals surface area contributed by atoms with E-state index in [1.807, 2.05) is 0 Å². The molecule has 0 radical (unpaired) electrons. The third-order valence-corrected chi connectivity index (χ3v) is 2.39. The van der Waals surface area contributed by atoms with Crippen LogP contribution in [0.3, 0.4) is 0 Å². The van der Waals surface area contributed by atoms with Crippen LogP contribution in [0.4, 0.5) is 4.39 Å². The lowest BCUT2D eigenvalue weighted by Gasteiger charge is -2.10. The summed E-state index contributed by atoms with van der Waals surface area (Å²) in [5.74, 6) is -0.814. The van der Waals surface area contributed by atoms with Crippen LogP contribution in [-0.4, -0.2) is 17.6 Å². The summed E-state index contributed by atoms with van der Waals surface area (Å²) in [6, 6.07) is 1.25. The highest BCUT2D eigenvalue weighted by atomic mass is 35.5. The highest BCUT2D eigenvalue weighted by Crippen LogP contribution is 2.23. The van der Waals surface area contributed by atoms with Crippen molar-refractivity contribution >= 4 is 29.6 Å². The lowest BCUT2D eigenvalue weighted by atomic mass is 10.3. The quantitative estimate of drug-likeness (QED) is 0.629. The zero-order valence-corrected chi connectivity index (χ0v) is 9.12. The predicted molar refractivity (Wildman–Crippen MR) is 55.8 cm³/mol. The van der Waals surface area contributed by atoms with Crippen LogP contribution >= 0.6 is 23.7 Å². The van der Waals surface area contributed by atoms with Gasteiger partial charge in [0.05, 0.1) is 11.5 Å². The van der Waals surface area contributed by atoms with E-state index in [0.29, 0.717) is 6.61 Å². The summed E-state index contributed by atoms with van der Waals surface area (Å²) in [5, 5.41) is 18.2. The average Bonchev–Trinajstić information content (AvgIpc) is 2.50. The van der Waals surface area contributed by atoms with Crippen molar-refractivity contribution in [2.75, 3.05) is 6.61 Å². The van der Waals surface area contributed by atoms with E-state index in [0.717, 1.165) is 11.3 Å². The zero-order chi connectivity index (χ0) is 9.84. The van der Waals surface area contributed by atoms with Crippen molar-refractivity contribution in [1.29, 1.82) is 5.41 Å². The SMILES string of the molecule is CCOC(=N)C(O)c1sccc1F.Cl. The Morgan fingerprint density at radius 1 is 1.79 bits per heavy atom. The Labute approximate surface area is 91.4 Å². The monoisotopic (exact) mass is 239 g/mol. The fourth-order valence-corrected chi connectivity index (χ4v) is 1.60. The first-order valence-electron chi connectivity index (χ1n) is 3.79. The molecule has 1 rings (SSSR count). The van der Waals surface area contributed by atoms with E-state index in [1.54, 1.807) is 6.92 Å². The van der Waals surface area contributed by atoms with Gasteiger partial charge in [-0.2, -0.15) is 0 Å². The Kier molecular flexibility index (Phi) is 5.68. The molecule has 0 aliphatic heterocycles. The van der Waals surface area contributed by atoms with Crippen molar-refractivity contribution in [1.82, 2.24) is 0 Å². The van der Waals surface area contributed by atoms with Crippen LogP contribution in [0.25, 0.3) is 0 Å². The normalized spacial score (nSPS) is 11.6. The van der Waals surface area contributed by atoms with Gasteiger partial charge in [0, 0.05) is 0 Å². The van der Waals surface area contributed by atoms with E-state index >= 15 is 0 Å². The smallest absolute Gasteiger partial charge is 0.215 e. The largest absolute Gasteiger partial charge is 0.479 e. The molecule has 0 aliphatic rings. The van der Waals surface area contributed by atoms with E-state index < -0.39 is 11.9 Å². The van der Waals surface area contributed by atoms with Crippen LogP contribution in [0, 0.1) is 11.2 Å². The summed E-state index contributed by atoms with van der Waals surface area (Å²) in [5.41, 5.74) is 0. The van der Waals surface area contributed by atoms with Gasteiger partial charge in [0.25, 0.3) is 0 Å². The zero-order valence-electron chi connectivity index (χ0n) is 7.49. The third-order valence-electron chi connectivity index (χ3n) is 1.44. The second kappa shape index (κ2) is 5.95. The predicted octanol–water partition coefficient (Wildman–Crippen LogP) is 2.36. The highest BCUT2D eigenvalue weighted by Gasteiger charge is 2.19. The molecule has 3 nitrogen and oxygen atoms in total. The maximum Gasteiger partial charge on any atom is 0.215 e. The van der Waals surface area contributed by atoms with Gasteiger partial charge in [-0.25, -0.2) is 4.39 Å². The molecule has 1 unspecified atom stereocenters. The Bertz CT molecular complexity index is 305. The van der Waals surface area contributed by atoms with Gasteiger partial charge in [-0.05, 0) is 18.4 Å². The maximum absolute atomic E-state index is 12.9. The number of ether oxygens (including phenoxy) is 1. The van der Waals surface area contributed by atoms with Crippen LogP contribution in [-0.2, 0) is 4.74 Å². The van der Waals surface area contributed by atoms with Crippen LogP contribution < -0.4 is 0 Å². The first kappa shape index (κ1) is 13.4. The topological polar surface area (TPSA) is 53.3 Å². The molecule has 80 valence electrons. The van der Waals surface area contributed by atoms with Gasteiger partial charge in [-0.15, -0.1) is 23.7 Å². The molecule has 1 aromatic rings. The number of rotatable bonds is 3. The van der Waals surface area contributed by atoms with Gasteiger partial charge < -0.3 is 9.84 Å². The van der Waals surface area contributed by atoms with Crippen LogP contribution in [0.2, 0.25) is 0 Å². The Morgan fingerprint density at radius 3 is 2.86 bits per heavy atom. The Balaban J connectivity index is 0.00000169. The number of hydrogen-bond acceptors (Lipinski definition) is 4. The molecule has 14 heavy (non-hydrogen) atoms. The molecular weight excluding hydrogens is 229 g/mol. The van der Waals surface area contributed by atoms with Crippen molar-refractivity contribution in [3.05, 3.63) is 22.1 Å². The first-order chi connectivity index (χ1) is 6.16. The molecule has 6 heteroatoms. The number of hydrogen-bond donors (Lipinski definition) is 2. The maximum atomic E-state index is 12.9. The molecule has 1 atom stereocenters. The lowest BCUT2D eigenvalue weighted by Crippen LogP contribution is -2.14.